The molecule has 1 saturated heterocycles. The van der Waals surface area contributed by atoms with Crippen LogP contribution in [0.1, 0.15) is 36.0 Å². The number of imidazole rings is 1. The SMILES string of the molecule is COc1cc(C(=O)N2CC3CCC2[C@@H]3N)cc2nc(-c3cc4ccc(-c5ccc6[nH]c(=O)[nH]c(=O)c6c5)cc4n3CC3CC3)n(C)c12. The molecule has 3 atom stereocenters. The number of carbonyl (C=O) groups is 1. The monoisotopic (exact) mass is 629 g/mol. The maximum absolute atomic E-state index is 13.8. The fourth-order valence-corrected chi connectivity index (χ4v) is 7.99. The fourth-order valence-electron chi connectivity index (χ4n) is 7.99. The molecule has 3 aromatic carbocycles. The minimum atomic E-state index is -0.521. The summed E-state index contributed by atoms with van der Waals surface area (Å²) in [7, 11) is 3.63. The van der Waals surface area contributed by atoms with E-state index in [1.165, 1.54) is 12.8 Å². The second-order valence-corrected chi connectivity index (χ2v) is 13.5. The number of H-pyrrole nitrogens is 2. The lowest BCUT2D eigenvalue weighted by molar-refractivity contribution is 0.0700. The van der Waals surface area contributed by atoms with Crippen LogP contribution in [-0.2, 0) is 13.6 Å². The average molecular weight is 630 g/mol. The van der Waals surface area contributed by atoms with Crippen LogP contribution in [0.25, 0.3) is 55.5 Å². The van der Waals surface area contributed by atoms with Crippen LogP contribution in [0.3, 0.4) is 0 Å². The predicted molar refractivity (Wildman–Crippen MR) is 181 cm³/mol. The number of amides is 1. The number of benzene rings is 3. The summed E-state index contributed by atoms with van der Waals surface area (Å²) in [5.74, 6) is 2.36. The molecule has 2 unspecified atom stereocenters. The molecule has 47 heavy (non-hydrogen) atoms. The van der Waals surface area contributed by atoms with Crippen molar-refractivity contribution < 1.29 is 9.53 Å². The molecule has 238 valence electrons. The predicted octanol–water partition coefficient (Wildman–Crippen LogP) is 4.37. The van der Waals surface area contributed by atoms with Gasteiger partial charge < -0.3 is 29.5 Å². The zero-order valence-corrected chi connectivity index (χ0v) is 26.2. The smallest absolute Gasteiger partial charge is 0.326 e. The van der Waals surface area contributed by atoms with Crippen molar-refractivity contribution in [3.63, 3.8) is 0 Å². The van der Waals surface area contributed by atoms with Crippen molar-refractivity contribution in [3.05, 3.63) is 81.0 Å². The molecule has 6 aromatic rings. The van der Waals surface area contributed by atoms with E-state index in [2.05, 4.69) is 43.4 Å². The van der Waals surface area contributed by atoms with Crippen molar-refractivity contribution in [1.82, 2.24) is 29.0 Å². The van der Waals surface area contributed by atoms with Gasteiger partial charge in [0.2, 0.25) is 0 Å². The van der Waals surface area contributed by atoms with Crippen LogP contribution < -0.4 is 21.7 Å². The van der Waals surface area contributed by atoms with Crippen molar-refractivity contribution in [3.8, 4) is 28.4 Å². The number of aromatic nitrogens is 5. The van der Waals surface area contributed by atoms with E-state index in [9.17, 15) is 14.4 Å². The van der Waals surface area contributed by atoms with Gasteiger partial charge in [-0.25, -0.2) is 9.78 Å². The molecule has 2 saturated carbocycles. The minimum absolute atomic E-state index is 0.0162. The molecule has 3 fully saturated rings. The molecule has 2 bridgehead atoms. The molecule has 1 aliphatic heterocycles. The second-order valence-electron chi connectivity index (χ2n) is 13.5. The summed E-state index contributed by atoms with van der Waals surface area (Å²) in [5, 5.41) is 1.52. The number of aryl methyl sites for hydroxylation is 1. The Morgan fingerprint density at radius 3 is 2.55 bits per heavy atom. The Kier molecular flexibility index (Phi) is 6.08. The number of nitrogens with one attached hydrogen (secondary N) is 2. The highest BCUT2D eigenvalue weighted by atomic mass is 16.5. The van der Waals surface area contributed by atoms with E-state index in [1.807, 2.05) is 36.2 Å². The molecule has 11 nitrogen and oxygen atoms in total. The highest BCUT2D eigenvalue weighted by Gasteiger charge is 2.47. The second kappa shape index (κ2) is 10.2. The third-order valence-electron chi connectivity index (χ3n) is 10.7. The summed E-state index contributed by atoms with van der Waals surface area (Å²) >= 11 is 0. The van der Waals surface area contributed by atoms with Gasteiger partial charge in [-0.15, -0.1) is 0 Å². The maximum atomic E-state index is 13.8. The Hall–Kier alpha value is -5.16. The van der Waals surface area contributed by atoms with Crippen LogP contribution in [-0.4, -0.2) is 60.6 Å². The van der Waals surface area contributed by atoms with E-state index in [0.717, 1.165) is 58.5 Å². The van der Waals surface area contributed by atoms with E-state index in [-0.39, 0.29) is 18.0 Å². The molecule has 11 heteroatoms. The van der Waals surface area contributed by atoms with Crippen LogP contribution in [0.5, 0.6) is 5.75 Å². The number of fused-ring (bicyclic) bond motifs is 5. The quantitative estimate of drug-likeness (QED) is 0.250. The topological polar surface area (TPSA) is 144 Å². The van der Waals surface area contributed by atoms with Gasteiger partial charge in [0.05, 0.1) is 29.2 Å². The number of likely N-dealkylation sites (tertiary alicyclic amines) is 1. The Bertz CT molecular complexity index is 2390. The minimum Gasteiger partial charge on any atom is -0.494 e. The number of nitrogens with two attached hydrogens (primary N) is 1. The van der Waals surface area contributed by atoms with Crippen LogP contribution in [0.2, 0.25) is 0 Å². The van der Waals surface area contributed by atoms with Gasteiger partial charge in [0.1, 0.15) is 11.3 Å². The van der Waals surface area contributed by atoms with Gasteiger partial charge in [0, 0.05) is 48.7 Å². The summed E-state index contributed by atoms with van der Waals surface area (Å²) < 4.78 is 10.3. The Morgan fingerprint density at radius 1 is 1.00 bits per heavy atom. The number of carbonyl (C=O) groups excluding carboxylic acids is 1. The molecular weight excluding hydrogens is 594 g/mol. The van der Waals surface area contributed by atoms with E-state index in [4.69, 9.17) is 15.5 Å². The lowest BCUT2D eigenvalue weighted by Crippen LogP contribution is -2.41. The number of ether oxygens (including phenoxy) is 1. The van der Waals surface area contributed by atoms with Crippen molar-refractivity contribution in [1.29, 1.82) is 0 Å². The third-order valence-corrected chi connectivity index (χ3v) is 10.7. The van der Waals surface area contributed by atoms with Gasteiger partial charge in [-0.05, 0) is 85.0 Å². The molecule has 1 amide bonds. The fraction of sp³-hybridized carbons (Fsp3) is 0.333. The lowest BCUT2D eigenvalue weighted by atomic mass is 10.0. The zero-order valence-electron chi connectivity index (χ0n) is 26.2. The number of hydrogen-bond acceptors (Lipinski definition) is 6. The third kappa shape index (κ3) is 4.36. The van der Waals surface area contributed by atoms with Crippen molar-refractivity contribution in [2.45, 2.75) is 44.3 Å². The normalized spacial score (nSPS) is 20.7. The van der Waals surface area contributed by atoms with Crippen LogP contribution >= 0.6 is 0 Å². The van der Waals surface area contributed by atoms with Gasteiger partial charge >= 0.3 is 5.69 Å². The van der Waals surface area contributed by atoms with Crippen molar-refractivity contribution in [2.75, 3.05) is 13.7 Å². The van der Waals surface area contributed by atoms with Gasteiger partial charge in [-0.2, -0.15) is 0 Å². The number of aromatic amines is 2. The lowest BCUT2D eigenvalue weighted by Gasteiger charge is -2.27. The molecule has 0 radical (unpaired) electrons. The zero-order chi connectivity index (χ0) is 32.1. The molecule has 4 N–H and O–H groups in total. The Labute approximate surface area is 269 Å². The first kappa shape index (κ1) is 28.1. The summed E-state index contributed by atoms with van der Waals surface area (Å²) in [6, 6.07) is 17.9. The largest absolute Gasteiger partial charge is 0.494 e. The number of rotatable bonds is 6. The highest BCUT2D eigenvalue weighted by Crippen LogP contribution is 2.41. The van der Waals surface area contributed by atoms with E-state index >= 15 is 0 Å². The molecule has 0 spiro atoms. The van der Waals surface area contributed by atoms with E-state index < -0.39 is 11.2 Å². The molecule has 4 heterocycles. The summed E-state index contributed by atoms with van der Waals surface area (Å²) in [5.41, 5.74) is 12.0. The first-order valence-electron chi connectivity index (χ1n) is 16.3. The number of methoxy groups -OCH3 is 1. The van der Waals surface area contributed by atoms with Gasteiger partial charge in [-0.1, -0.05) is 18.2 Å². The van der Waals surface area contributed by atoms with Crippen molar-refractivity contribution >= 4 is 38.7 Å². The van der Waals surface area contributed by atoms with E-state index in [1.54, 1.807) is 13.2 Å². The summed E-state index contributed by atoms with van der Waals surface area (Å²) in [6.45, 7) is 1.57. The molecule has 2 aliphatic carbocycles. The van der Waals surface area contributed by atoms with Crippen LogP contribution in [0, 0.1) is 11.8 Å². The molecule has 9 rings (SSSR count). The summed E-state index contributed by atoms with van der Waals surface area (Å²) in [4.78, 5) is 50.1. The number of hydrogen-bond donors (Lipinski definition) is 3. The summed E-state index contributed by atoms with van der Waals surface area (Å²) in [6.07, 6.45) is 4.42. The highest BCUT2D eigenvalue weighted by molar-refractivity contribution is 6.01. The standard InChI is InChI=1S/C36H35N7O4/c1-41-32-26(12-23(15-30(32)47-2)35(45)43-17-22-8-10-27(43)31(22)37)38-33(41)29-14-21-6-5-20(13-28(21)42(29)16-18-3-4-18)19-7-9-25-24(11-19)34(44)40-36(46)39-25/h5-7,9,11-15,18,22,27,31H,3-4,8,10,16-17,37H2,1-2H3,(H2,39,40,44,46)/t22?,27?,31-/m1/s1. The van der Waals surface area contributed by atoms with Gasteiger partial charge in [0.25, 0.3) is 11.5 Å². The van der Waals surface area contributed by atoms with Crippen LogP contribution in [0.15, 0.2) is 64.2 Å². The molecule has 3 aromatic heterocycles. The average Bonchev–Trinajstić information content (AvgIpc) is 3.47. The first-order valence-corrected chi connectivity index (χ1v) is 16.3. The van der Waals surface area contributed by atoms with Crippen molar-refractivity contribution in [2.24, 2.45) is 24.6 Å². The number of nitrogens with zero attached hydrogens (tertiary/aromatic N) is 4. The molecule has 3 aliphatic rings. The Morgan fingerprint density at radius 2 is 1.81 bits per heavy atom. The maximum Gasteiger partial charge on any atom is 0.326 e. The van der Waals surface area contributed by atoms with Gasteiger partial charge in [0.15, 0.2) is 5.82 Å². The van der Waals surface area contributed by atoms with Gasteiger partial charge in [-0.3, -0.25) is 14.6 Å². The number of piperidine rings is 1. The van der Waals surface area contributed by atoms with Crippen LogP contribution in [0.4, 0.5) is 0 Å². The molecular formula is C36H35N7O4. The first-order chi connectivity index (χ1) is 22.8. The Balaban J connectivity index is 1.16. The van der Waals surface area contributed by atoms with E-state index in [0.29, 0.717) is 46.1 Å².